The smallest absolute Gasteiger partial charge is 0.397 e. The Morgan fingerprint density at radius 3 is 2.48 bits per heavy atom. The molecule has 2 saturated carbocycles. The van der Waals surface area contributed by atoms with Crippen LogP contribution in [0.4, 0.5) is 18.9 Å². The number of fused-ring (bicyclic) bond motifs is 1. The van der Waals surface area contributed by atoms with Crippen molar-refractivity contribution < 1.29 is 22.7 Å². The average Bonchev–Trinajstić information content (AvgIpc) is 3.45. The van der Waals surface area contributed by atoms with Gasteiger partial charge in [0.25, 0.3) is 5.91 Å². The van der Waals surface area contributed by atoms with E-state index in [9.17, 15) is 18.0 Å². The molecule has 2 aliphatic carbocycles. The number of halogens is 3. The van der Waals surface area contributed by atoms with E-state index < -0.39 is 23.1 Å². The fourth-order valence-corrected chi connectivity index (χ4v) is 6.77. The molecule has 0 saturated heterocycles. The van der Waals surface area contributed by atoms with Crippen LogP contribution in [0, 0.1) is 0 Å². The summed E-state index contributed by atoms with van der Waals surface area (Å²) in [4.78, 5) is 15.2. The Morgan fingerprint density at radius 1 is 1.14 bits per heavy atom. The highest BCUT2D eigenvalue weighted by Crippen LogP contribution is 2.51. The molecule has 1 amide bonds. The molecule has 0 radical (unpaired) electrons. The molecule has 6 rings (SSSR count). The second-order valence-electron chi connectivity index (χ2n) is 13.5. The Balaban J connectivity index is 1.32. The molecular weight excluding hydrogens is 540 g/mol. The third kappa shape index (κ3) is 5.19. The van der Waals surface area contributed by atoms with Gasteiger partial charge in [-0.25, -0.2) is 0 Å². The van der Waals surface area contributed by atoms with Crippen molar-refractivity contribution in [2.75, 3.05) is 4.90 Å². The lowest BCUT2D eigenvalue weighted by Crippen LogP contribution is -2.52. The molecule has 42 heavy (non-hydrogen) atoms. The summed E-state index contributed by atoms with van der Waals surface area (Å²) in [5.41, 5.74) is 0.829. The Hall–Kier alpha value is -3.05. The third-order valence-electron chi connectivity index (χ3n) is 9.11. The van der Waals surface area contributed by atoms with Gasteiger partial charge in [0.15, 0.2) is 0 Å². The fraction of sp³-hybridized carbons (Fsp3) is 0.483. The first kappa shape index (κ1) is 29.0. The van der Waals surface area contributed by atoms with Crippen molar-refractivity contribution in [1.29, 1.82) is 0 Å². The molecule has 3 aromatic rings. The van der Waals surface area contributed by atoms with Gasteiger partial charge in [0.05, 0.1) is 23.6 Å². The highest BCUT2D eigenvalue weighted by Gasteiger charge is 2.51. The zero-order chi connectivity index (χ0) is 30.1. The molecule has 1 aromatic heterocycles. The fourth-order valence-electron chi connectivity index (χ4n) is 6.77. The van der Waals surface area contributed by atoms with Crippen LogP contribution in [0.2, 0.25) is 0 Å². The molecule has 3 aliphatic rings. The van der Waals surface area contributed by atoms with Crippen LogP contribution in [0.5, 0.6) is 0 Å². The Kier molecular flexibility index (Phi) is 6.92. The second-order valence-corrected chi connectivity index (χ2v) is 13.5. The molecule has 1 aliphatic heterocycles. The van der Waals surface area contributed by atoms with Gasteiger partial charge in [0.1, 0.15) is 35.7 Å². The largest absolute Gasteiger partial charge is 0.416 e. The standard InChI is InChI=1S/C29H35B3F3N5O2/c1-26(7-4-8-26)36-14-17-9-21-22(23(10-17)28(33,34)35)15-40(24(21)41)19-6-3-5-18(11-19)27(25-38-37-16-39(25)2)12-20(13-27)42-29(30,31)32/h3,5-6,9-11,16,20,36H,4,7-8,12-15,30-32H2,1-2H3/t20-,27+. The van der Waals surface area contributed by atoms with Crippen LogP contribution in [0.3, 0.4) is 0 Å². The van der Waals surface area contributed by atoms with Crippen molar-refractivity contribution in [3.8, 4) is 0 Å². The van der Waals surface area contributed by atoms with Gasteiger partial charge in [-0.2, -0.15) is 13.2 Å². The SMILES string of the molecule is BC(B)(B)O[C@H]1C[C@@](c2cccc(N3Cc4c(cc(CNC5(C)CCC5)cc4C(F)(F)F)C3=O)c2)(c2nncn2C)C1. The Morgan fingerprint density at radius 2 is 1.88 bits per heavy atom. The van der Waals surface area contributed by atoms with Crippen LogP contribution < -0.4 is 10.2 Å². The van der Waals surface area contributed by atoms with Gasteiger partial charge in [-0.1, -0.05) is 12.1 Å². The molecule has 0 spiro atoms. The normalized spacial score (nSPS) is 23.4. The lowest BCUT2D eigenvalue weighted by atomic mass is 9.51. The van der Waals surface area contributed by atoms with E-state index in [4.69, 9.17) is 4.74 Å². The van der Waals surface area contributed by atoms with Gasteiger partial charge in [-0.15, -0.1) is 10.2 Å². The monoisotopic (exact) mass is 575 g/mol. The number of alkyl halides is 3. The Labute approximate surface area is 246 Å². The quantitative estimate of drug-likeness (QED) is 0.417. The number of aromatic nitrogens is 3. The van der Waals surface area contributed by atoms with E-state index in [1.54, 1.807) is 18.5 Å². The maximum Gasteiger partial charge on any atom is 0.416 e. The lowest BCUT2D eigenvalue weighted by Gasteiger charge is -2.49. The van der Waals surface area contributed by atoms with Crippen molar-refractivity contribution in [2.45, 2.75) is 80.7 Å². The lowest BCUT2D eigenvalue weighted by molar-refractivity contribution is -0.138. The van der Waals surface area contributed by atoms with Crippen molar-refractivity contribution in [1.82, 2.24) is 20.1 Å². The summed E-state index contributed by atoms with van der Waals surface area (Å²) in [7, 11) is 7.97. The van der Waals surface area contributed by atoms with E-state index in [0.717, 1.165) is 30.7 Å². The van der Waals surface area contributed by atoms with E-state index in [1.165, 1.54) is 11.0 Å². The molecule has 2 fully saturated rings. The number of anilines is 1. The summed E-state index contributed by atoms with van der Waals surface area (Å²) in [6.45, 7) is 2.24. The van der Waals surface area contributed by atoms with E-state index in [-0.39, 0.29) is 41.2 Å². The molecule has 7 nitrogen and oxygen atoms in total. The van der Waals surface area contributed by atoms with Gasteiger partial charge >= 0.3 is 6.18 Å². The zero-order valence-electron chi connectivity index (χ0n) is 24.8. The Bertz CT molecular complexity index is 1530. The number of rotatable bonds is 8. The highest BCUT2D eigenvalue weighted by atomic mass is 19.4. The van der Waals surface area contributed by atoms with Crippen LogP contribution in [0.1, 0.15) is 77.5 Å². The first-order chi connectivity index (χ1) is 19.7. The summed E-state index contributed by atoms with van der Waals surface area (Å²) >= 11 is 0. The molecule has 1 N–H and O–H groups in total. The van der Waals surface area contributed by atoms with Crippen molar-refractivity contribution >= 4 is 35.1 Å². The third-order valence-corrected chi connectivity index (χ3v) is 9.11. The number of hydrogen-bond donors (Lipinski definition) is 1. The van der Waals surface area contributed by atoms with Crippen molar-refractivity contribution in [3.63, 3.8) is 0 Å². The number of nitrogens with zero attached hydrogens (tertiary/aromatic N) is 4. The summed E-state index contributed by atoms with van der Waals surface area (Å²) in [5, 5.41) is 11.6. The number of benzene rings is 2. The summed E-state index contributed by atoms with van der Waals surface area (Å²) in [6, 6.07) is 10.4. The van der Waals surface area contributed by atoms with Crippen LogP contribution in [-0.4, -0.2) is 61.2 Å². The number of aryl methyl sites for hydroxylation is 1. The molecule has 2 heterocycles. The summed E-state index contributed by atoms with van der Waals surface area (Å²) in [6.07, 6.45) is 1.57. The predicted molar refractivity (Wildman–Crippen MR) is 162 cm³/mol. The van der Waals surface area contributed by atoms with Gasteiger partial charge in [0.2, 0.25) is 0 Å². The molecule has 0 atom stereocenters. The first-order valence-electron chi connectivity index (χ1n) is 14.6. The van der Waals surface area contributed by atoms with Gasteiger partial charge in [-0.05, 0) is 85.3 Å². The minimum absolute atomic E-state index is 0.0200. The predicted octanol–water partition coefficient (Wildman–Crippen LogP) is 2.00. The van der Waals surface area contributed by atoms with Crippen molar-refractivity contribution in [3.05, 3.63) is 76.4 Å². The van der Waals surface area contributed by atoms with Gasteiger partial charge in [-0.3, -0.25) is 4.79 Å². The van der Waals surface area contributed by atoms with Gasteiger partial charge in [0, 0.05) is 30.4 Å². The second kappa shape index (κ2) is 10.0. The molecule has 218 valence electrons. The molecule has 13 heteroatoms. The van der Waals surface area contributed by atoms with Crippen LogP contribution in [-0.2, 0) is 36.5 Å². The zero-order valence-corrected chi connectivity index (χ0v) is 24.8. The average molecular weight is 575 g/mol. The molecular formula is C29H35B3F3N5O2. The minimum atomic E-state index is -4.57. The number of hydrogen-bond acceptors (Lipinski definition) is 5. The number of carbonyl (C=O) groups is 1. The van der Waals surface area contributed by atoms with E-state index in [1.807, 2.05) is 53.4 Å². The van der Waals surface area contributed by atoms with E-state index in [2.05, 4.69) is 22.4 Å². The molecule has 0 unspecified atom stereocenters. The molecule has 2 aromatic carbocycles. The first-order valence-corrected chi connectivity index (χ1v) is 14.6. The van der Waals surface area contributed by atoms with E-state index in [0.29, 0.717) is 24.1 Å². The maximum atomic E-state index is 14.3. The summed E-state index contributed by atoms with van der Waals surface area (Å²) < 4.78 is 51.0. The topological polar surface area (TPSA) is 72.3 Å². The number of nitrogens with one attached hydrogen (secondary N) is 1. The van der Waals surface area contributed by atoms with Crippen LogP contribution in [0.15, 0.2) is 42.7 Å². The van der Waals surface area contributed by atoms with Gasteiger partial charge < -0.3 is 19.5 Å². The van der Waals surface area contributed by atoms with E-state index >= 15 is 0 Å². The molecule has 0 bridgehead atoms. The number of carbonyl (C=O) groups excluding carboxylic acids is 1. The minimum Gasteiger partial charge on any atom is -0.397 e. The highest BCUT2D eigenvalue weighted by molar-refractivity contribution is 6.58. The van der Waals surface area contributed by atoms with Crippen LogP contribution in [0.25, 0.3) is 0 Å². The summed E-state index contributed by atoms with van der Waals surface area (Å²) in [5.74, 6) is 0.376. The number of amides is 1. The van der Waals surface area contributed by atoms with Crippen LogP contribution >= 0.6 is 0 Å². The van der Waals surface area contributed by atoms with Crippen molar-refractivity contribution in [2.24, 2.45) is 7.05 Å². The maximum absolute atomic E-state index is 14.3. The number of ether oxygens (including phenoxy) is 1.